The maximum absolute atomic E-state index is 5.28. The minimum absolute atomic E-state index is 0.517. The van der Waals surface area contributed by atoms with Gasteiger partial charge in [-0.2, -0.15) is 5.10 Å². The van der Waals surface area contributed by atoms with E-state index in [1.54, 1.807) is 0 Å². The van der Waals surface area contributed by atoms with Crippen molar-refractivity contribution in [1.29, 1.82) is 0 Å². The lowest BCUT2D eigenvalue weighted by molar-refractivity contribution is 0.0656. The zero-order chi connectivity index (χ0) is 8.39. The van der Waals surface area contributed by atoms with Crippen molar-refractivity contribution < 1.29 is 4.74 Å². The predicted molar refractivity (Wildman–Crippen MR) is 49.0 cm³/mol. The topological polar surface area (TPSA) is 27.1 Å². The van der Waals surface area contributed by atoms with E-state index in [0.29, 0.717) is 6.04 Å². The molecule has 0 unspecified atom stereocenters. The summed E-state index contributed by atoms with van der Waals surface area (Å²) in [6.45, 7) is 1.72. The van der Waals surface area contributed by atoms with Crippen LogP contribution in [0, 0.1) is 0 Å². The Balaban J connectivity index is 2.13. The van der Waals surface area contributed by atoms with Crippen LogP contribution in [-0.4, -0.2) is 23.0 Å². The predicted octanol–water partition coefficient (Wildman–Crippen LogP) is 2.00. The first-order valence-electron chi connectivity index (χ1n) is 4.14. The highest BCUT2D eigenvalue weighted by atomic mass is 79.9. The van der Waals surface area contributed by atoms with Crippen molar-refractivity contribution in [3.63, 3.8) is 0 Å². The van der Waals surface area contributed by atoms with E-state index in [4.69, 9.17) is 4.74 Å². The van der Waals surface area contributed by atoms with E-state index in [-0.39, 0.29) is 0 Å². The molecule has 4 heteroatoms. The van der Waals surface area contributed by atoms with Crippen LogP contribution in [0.2, 0.25) is 0 Å². The number of aromatic nitrogens is 2. The van der Waals surface area contributed by atoms with Crippen LogP contribution in [0.3, 0.4) is 0 Å². The van der Waals surface area contributed by atoms with Crippen LogP contribution in [-0.2, 0) is 4.74 Å². The van der Waals surface area contributed by atoms with Crippen molar-refractivity contribution in [3.8, 4) is 0 Å². The molecule has 1 aliphatic heterocycles. The van der Waals surface area contributed by atoms with Gasteiger partial charge in [0.2, 0.25) is 0 Å². The zero-order valence-electron chi connectivity index (χ0n) is 6.74. The Morgan fingerprint density at radius 2 is 2.25 bits per heavy atom. The van der Waals surface area contributed by atoms with Gasteiger partial charge in [0.15, 0.2) is 0 Å². The van der Waals surface area contributed by atoms with Crippen LogP contribution in [0.15, 0.2) is 16.9 Å². The first-order valence-corrected chi connectivity index (χ1v) is 4.94. The third-order valence-electron chi connectivity index (χ3n) is 2.16. The number of hydrogen-bond donors (Lipinski definition) is 0. The van der Waals surface area contributed by atoms with E-state index in [2.05, 4.69) is 21.0 Å². The van der Waals surface area contributed by atoms with Crippen LogP contribution in [0.5, 0.6) is 0 Å². The highest BCUT2D eigenvalue weighted by molar-refractivity contribution is 9.10. The molecule has 3 nitrogen and oxygen atoms in total. The van der Waals surface area contributed by atoms with Crippen molar-refractivity contribution in [2.45, 2.75) is 18.9 Å². The lowest BCUT2D eigenvalue weighted by Gasteiger charge is -2.22. The average molecular weight is 231 g/mol. The molecule has 0 N–H and O–H groups in total. The van der Waals surface area contributed by atoms with E-state index in [0.717, 1.165) is 30.7 Å². The molecule has 2 rings (SSSR count). The summed E-state index contributed by atoms with van der Waals surface area (Å²) in [5.41, 5.74) is 0. The molecule has 2 heterocycles. The van der Waals surface area contributed by atoms with Gasteiger partial charge in [0, 0.05) is 13.2 Å². The highest BCUT2D eigenvalue weighted by Crippen LogP contribution is 2.23. The van der Waals surface area contributed by atoms with Crippen molar-refractivity contribution in [3.05, 3.63) is 16.9 Å². The minimum atomic E-state index is 0.517. The molecule has 1 aromatic heterocycles. The second-order valence-electron chi connectivity index (χ2n) is 2.94. The molecule has 1 aliphatic rings. The molecule has 0 aromatic carbocycles. The molecule has 0 amide bonds. The molecule has 0 bridgehead atoms. The number of ether oxygens (including phenoxy) is 1. The number of nitrogens with zero attached hydrogens (tertiary/aromatic N) is 2. The van der Waals surface area contributed by atoms with Gasteiger partial charge in [0.25, 0.3) is 0 Å². The number of hydrogen-bond acceptors (Lipinski definition) is 2. The van der Waals surface area contributed by atoms with Gasteiger partial charge in [-0.1, -0.05) is 0 Å². The molecule has 1 fully saturated rings. The second-order valence-corrected chi connectivity index (χ2v) is 3.75. The second kappa shape index (κ2) is 3.58. The molecular weight excluding hydrogens is 220 g/mol. The quantitative estimate of drug-likeness (QED) is 0.739. The Kier molecular flexibility index (Phi) is 2.46. The van der Waals surface area contributed by atoms with Crippen molar-refractivity contribution in [2.75, 3.05) is 13.2 Å². The Morgan fingerprint density at radius 1 is 1.50 bits per heavy atom. The maximum Gasteiger partial charge on any atom is 0.104 e. The summed E-state index contributed by atoms with van der Waals surface area (Å²) in [6.07, 6.45) is 3.96. The summed E-state index contributed by atoms with van der Waals surface area (Å²) < 4.78 is 8.38. The zero-order valence-corrected chi connectivity index (χ0v) is 8.33. The van der Waals surface area contributed by atoms with Gasteiger partial charge in [-0.15, -0.1) is 0 Å². The average Bonchev–Trinajstić information content (AvgIpc) is 2.53. The van der Waals surface area contributed by atoms with Crippen LogP contribution >= 0.6 is 15.9 Å². The van der Waals surface area contributed by atoms with Gasteiger partial charge in [-0.3, -0.25) is 4.68 Å². The molecule has 0 spiro atoms. The van der Waals surface area contributed by atoms with E-state index in [9.17, 15) is 0 Å². The van der Waals surface area contributed by atoms with Gasteiger partial charge in [0.1, 0.15) is 4.60 Å². The van der Waals surface area contributed by atoms with Gasteiger partial charge in [0.05, 0.1) is 12.2 Å². The fourth-order valence-electron chi connectivity index (χ4n) is 1.50. The van der Waals surface area contributed by atoms with E-state index in [1.807, 2.05) is 16.9 Å². The lowest BCUT2D eigenvalue weighted by atomic mass is 10.1. The van der Waals surface area contributed by atoms with Gasteiger partial charge >= 0.3 is 0 Å². The van der Waals surface area contributed by atoms with Crippen LogP contribution in [0.4, 0.5) is 0 Å². The third-order valence-corrected chi connectivity index (χ3v) is 2.79. The molecule has 0 saturated carbocycles. The van der Waals surface area contributed by atoms with Crippen LogP contribution in [0.1, 0.15) is 18.9 Å². The maximum atomic E-state index is 5.28. The van der Waals surface area contributed by atoms with Crippen LogP contribution < -0.4 is 0 Å². The molecule has 0 aliphatic carbocycles. The van der Waals surface area contributed by atoms with E-state index in [1.165, 1.54) is 0 Å². The fourth-order valence-corrected chi connectivity index (χ4v) is 2.00. The van der Waals surface area contributed by atoms with Gasteiger partial charge in [-0.25, -0.2) is 0 Å². The Bertz CT molecular complexity index is 255. The molecule has 12 heavy (non-hydrogen) atoms. The van der Waals surface area contributed by atoms with Crippen LogP contribution in [0.25, 0.3) is 0 Å². The summed E-state index contributed by atoms with van der Waals surface area (Å²) in [6, 6.07) is 2.48. The molecule has 0 radical (unpaired) electrons. The van der Waals surface area contributed by atoms with E-state index >= 15 is 0 Å². The monoisotopic (exact) mass is 230 g/mol. The SMILES string of the molecule is Brc1ccnn1C1CCOCC1. The first-order chi connectivity index (χ1) is 5.88. The Morgan fingerprint density at radius 3 is 2.83 bits per heavy atom. The Labute approximate surface area is 79.8 Å². The number of halogens is 1. The first kappa shape index (κ1) is 8.26. The van der Waals surface area contributed by atoms with Crippen molar-refractivity contribution in [1.82, 2.24) is 9.78 Å². The fraction of sp³-hybridized carbons (Fsp3) is 0.625. The molecule has 1 saturated heterocycles. The normalized spacial score (nSPS) is 19.8. The standard InChI is InChI=1S/C8H11BrN2O/c9-8-1-4-10-11(8)7-2-5-12-6-3-7/h1,4,7H,2-3,5-6H2. The third kappa shape index (κ3) is 1.54. The van der Waals surface area contributed by atoms with Gasteiger partial charge < -0.3 is 4.74 Å². The smallest absolute Gasteiger partial charge is 0.104 e. The minimum Gasteiger partial charge on any atom is -0.381 e. The summed E-state index contributed by atoms with van der Waals surface area (Å²) >= 11 is 3.46. The summed E-state index contributed by atoms with van der Waals surface area (Å²) in [4.78, 5) is 0. The highest BCUT2D eigenvalue weighted by Gasteiger charge is 2.17. The largest absolute Gasteiger partial charge is 0.381 e. The Hall–Kier alpha value is -0.350. The molecule has 0 atom stereocenters. The summed E-state index contributed by atoms with van der Waals surface area (Å²) in [5, 5.41) is 4.25. The molecular formula is C8H11BrN2O. The van der Waals surface area contributed by atoms with Crippen molar-refractivity contribution in [2.24, 2.45) is 0 Å². The summed E-state index contributed by atoms with van der Waals surface area (Å²) in [5.74, 6) is 0. The lowest BCUT2D eigenvalue weighted by Crippen LogP contribution is -2.20. The number of rotatable bonds is 1. The summed E-state index contributed by atoms with van der Waals surface area (Å²) in [7, 11) is 0. The van der Waals surface area contributed by atoms with Crippen molar-refractivity contribution >= 4 is 15.9 Å². The van der Waals surface area contributed by atoms with Gasteiger partial charge in [-0.05, 0) is 34.8 Å². The molecule has 1 aromatic rings. The van der Waals surface area contributed by atoms with E-state index < -0.39 is 0 Å². The molecule has 66 valence electrons.